The lowest BCUT2D eigenvalue weighted by Crippen LogP contribution is -2.30. The Bertz CT molecular complexity index is 1220. The van der Waals surface area contributed by atoms with Gasteiger partial charge >= 0.3 is 0 Å². The minimum atomic E-state index is -0.0876. The summed E-state index contributed by atoms with van der Waals surface area (Å²) in [5.74, 6) is 0.789. The maximum Gasteiger partial charge on any atom is 0.254 e. The summed E-state index contributed by atoms with van der Waals surface area (Å²) in [6.07, 6.45) is 6.99. The second-order valence-electron chi connectivity index (χ2n) is 7.47. The van der Waals surface area contributed by atoms with Gasteiger partial charge < -0.3 is 15.0 Å². The van der Waals surface area contributed by atoms with Gasteiger partial charge in [-0.3, -0.25) is 9.78 Å². The van der Waals surface area contributed by atoms with Crippen molar-refractivity contribution >= 4 is 22.8 Å². The van der Waals surface area contributed by atoms with E-state index < -0.39 is 0 Å². The molecule has 1 N–H and O–H groups in total. The summed E-state index contributed by atoms with van der Waals surface area (Å²) < 4.78 is 7.04. The average Bonchev–Trinajstić information content (AvgIpc) is 3.46. The zero-order chi connectivity index (χ0) is 21.2. The molecule has 5 rings (SSSR count). The molecule has 1 aromatic carbocycles. The standard InChI is InChI=1S/C23H22N6O2/c1-31-19-5-2-4-17(14-19)25-18-7-8-21-22(26-27-29(21)15-18)20-6-3-13-28(20)23(30)16-9-11-24-12-10-16/h2,4-5,7-12,14-15,20,25H,3,6,13H2,1H3. The number of hydrogen-bond donors (Lipinski definition) is 1. The molecule has 8 heteroatoms. The summed E-state index contributed by atoms with van der Waals surface area (Å²) in [6, 6.07) is 15.1. The summed E-state index contributed by atoms with van der Waals surface area (Å²) in [6.45, 7) is 0.709. The molecule has 1 saturated heterocycles. The van der Waals surface area contributed by atoms with Crippen LogP contribution in [-0.2, 0) is 0 Å². The van der Waals surface area contributed by atoms with Crippen molar-refractivity contribution < 1.29 is 9.53 Å². The highest BCUT2D eigenvalue weighted by Gasteiger charge is 2.33. The lowest BCUT2D eigenvalue weighted by atomic mass is 10.1. The Morgan fingerprint density at radius 1 is 1.13 bits per heavy atom. The van der Waals surface area contributed by atoms with Gasteiger partial charge in [0.25, 0.3) is 5.91 Å². The number of anilines is 2. The average molecular weight is 414 g/mol. The minimum Gasteiger partial charge on any atom is -0.497 e. The van der Waals surface area contributed by atoms with Gasteiger partial charge in [-0.2, -0.15) is 0 Å². The summed E-state index contributed by atoms with van der Waals surface area (Å²) in [4.78, 5) is 18.9. The maximum absolute atomic E-state index is 13.0. The first kappa shape index (κ1) is 19.0. The number of rotatable bonds is 5. The Hall–Kier alpha value is -3.94. The van der Waals surface area contributed by atoms with Crippen molar-refractivity contribution in [2.75, 3.05) is 19.0 Å². The normalized spacial score (nSPS) is 15.9. The van der Waals surface area contributed by atoms with Crippen molar-refractivity contribution in [2.45, 2.75) is 18.9 Å². The van der Waals surface area contributed by atoms with E-state index in [0.717, 1.165) is 41.2 Å². The lowest BCUT2D eigenvalue weighted by molar-refractivity contribution is 0.0733. The third-order valence-electron chi connectivity index (χ3n) is 5.56. The van der Waals surface area contributed by atoms with Crippen molar-refractivity contribution in [1.82, 2.24) is 24.7 Å². The van der Waals surface area contributed by atoms with E-state index in [1.54, 1.807) is 36.2 Å². The van der Waals surface area contributed by atoms with Crippen LogP contribution in [0.3, 0.4) is 0 Å². The molecule has 0 bridgehead atoms. The van der Waals surface area contributed by atoms with Crippen LogP contribution >= 0.6 is 0 Å². The van der Waals surface area contributed by atoms with Gasteiger partial charge in [-0.05, 0) is 49.2 Å². The highest BCUT2D eigenvalue weighted by atomic mass is 16.5. The molecule has 31 heavy (non-hydrogen) atoms. The second-order valence-corrected chi connectivity index (χ2v) is 7.47. The SMILES string of the molecule is COc1cccc(Nc2ccc3c(C4CCCN4C(=O)c4ccncc4)nnn3c2)c1. The fourth-order valence-electron chi connectivity index (χ4n) is 4.05. The first-order chi connectivity index (χ1) is 15.2. The highest BCUT2D eigenvalue weighted by molar-refractivity contribution is 5.94. The van der Waals surface area contributed by atoms with Crippen molar-refractivity contribution in [3.05, 3.63) is 78.4 Å². The number of pyridine rings is 2. The highest BCUT2D eigenvalue weighted by Crippen LogP contribution is 2.34. The number of methoxy groups -OCH3 is 1. The van der Waals surface area contributed by atoms with Gasteiger partial charge in [-0.15, -0.1) is 5.10 Å². The van der Waals surface area contributed by atoms with E-state index in [0.29, 0.717) is 12.1 Å². The monoisotopic (exact) mass is 414 g/mol. The number of nitrogens with one attached hydrogen (secondary N) is 1. The van der Waals surface area contributed by atoms with Gasteiger partial charge in [0.1, 0.15) is 11.4 Å². The summed E-state index contributed by atoms with van der Waals surface area (Å²) in [5, 5.41) is 12.1. The van der Waals surface area contributed by atoms with E-state index >= 15 is 0 Å². The van der Waals surface area contributed by atoms with E-state index in [-0.39, 0.29) is 11.9 Å². The lowest BCUT2D eigenvalue weighted by Gasteiger charge is -2.23. The van der Waals surface area contributed by atoms with E-state index in [1.165, 1.54) is 0 Å². The third kappa shape index (κ3) is 3.68. The van der Waals surface area contributed by atoms with Crippen LogP contribution in [0.2, 0.25) is 0 Å². The zero-order valence-corrected chi connectivity index (χ0v) is 17.1. The molecule has 4 aromatic rings. The molecule has 4 heterocycles. The van der Waals surface area contributed by atoms with E-state index in [2.05, 4.69) is 20.6 Å². The first-order valence-electron chi connectivity index (χ1n) is 10.2. The molecule has 0 spiro atoms. The van der Waals surface area contributed by atoms with E-state index in [9.17, 15) is 4.79 Å². The molecule has 0 radical (unpaired) electrons. The van der Waals surface area contributed by atoms with Crippen LogP contribution in [0, 0.1) is 0 Å². The molecule has 1 fully saturated rings. The molecule has 1 aliphatic rings. The fourth-order valence-corrected chi connectivity index (χ4v) is 4.05. The van der Waals surface area contributed by atoms with Crippen LogP contribution in [0.4, 0.5) is 11.4 Å². The molecule has 3 aromatic heterocycles. The number of hydrogen-bond acceptors (Lipinski definition) is 6. The van der Waals surface area contributed by atoms with Gasteiger partial charge in [-0.25, -0.2) is 4.52 Å². The van der Waals surface area contributed by atoms with Gasteiger partial charge in [-0.1, -0.05) is 11.3 Å². The number of nitrogens with zero attached hydrogens (tertiary/aromatic N) is 5. The molecule has 1 unspecified atom stereocenters. The second kappa shape index (κ2) is 8.06. The molecular formula is C23H22N6O2. The van der Waals surface area contributed by atoms with Crippen LogP contribution < -0.4 is 10.1 Å². The molecule has 0 saturated carbocycles. The number of amides is 1. The van der Waals surface area contributed by atoms with Gasteiger partial charge in [0.15, 0.2) is 0 Å². The van der Waals surface area contributed by atoms with Crippen LogP contribution in [0.5, 0.6) is 5.75 Å². The topological polar surface area (TPSA) is 84.6 Å². The first-order valence-corrected chi connectivity index (χ1v) is 10.2. The molecule has 0 aliphatic carbocycles. The Labute approximate surface area is 179 Å². The van der Waals surface area contributed by atoms with Gasteiger partial charge in [0.05, 0.1) is 30.6 Å². The van der Waals surface area contributed by atoms with Gasteiger partial charge in [0.2, 0.25) is 0 Å². The number of fused-ring (bicyclic) bond motifs is 1. The number of ether oxygens (including phenoxy) is 1. The molecule has 1 aliphatic heterocycles. The van der Waals surface area contributed by atoms with Crippen molar-refractivity contribution in [2.24, 2.45) is 0 Å². The smallest absolute Gasteiger partial charge is 0.254 e. The summed E-state index contributed by atoms with van der Waals surface area (Å²) >= 11 is 0. The maximum atomic E-state index is 13.0. The van der Waals surface area contributed by atoms with E-state index in [4.69, 9.17) is 4.74 Å². The number of likely N-dealkylation sites (tertiary alicyclic amines) is 1. The number of carbonyl (C=O) groups excluding carboxylic acids is 1. The third-order valence-corrected chi connectivity index (χ3v) is 5.56. The van der Waals surface area contributed by atoms with Gasteiger partial charge in [0, 0.05) is 36.3 Å². The largest absolute Gasteiger partial charge is 0.497 e. The Morgan fingerprint density at radius 3 is 2.84 bits per heavy atom. The Morgan fingerprint density at radius 2 is 2.00 bits per heavy atom. The minimum absolute atomic E-state index is 0.00219. The molecule has 1 amide bonds. The van der Waals surface area contributed by atoms with Crippen LogP contribution in [0.15, 0.2) is 67.1 Å². The zero-order valence-electron chi connectivity index (χ0n) is 17.1. The summed E-state index contributed by atoms with van der Waals surface area (Å²) in [5.41, 5.74) is 4.17. The predicted octanol–water partition coefficient (Wildman–Crippen LogP) is 3.85. The number of aromatic nitrogens is 4. The summed E-state index contributed by atoms with van der Waals surface area (Å²) in [7, 11) is 1.65. The number of carbonyl (C=O) groups is 1. The van der Waals surface area contributed by atoms with Crippen molar-refractivity contribution in [3.63, 3.8) is 0 Å². The van der Waals surface area contributed by atoms with Crippen LogP contribution in [0.25, 0.3) is 5.52 Å². The Kier molecular flexibility index (Phi) is 4.95. The quantitative estimate of drug-likeness (QED) is 0.534. The van der Waals surface area contributed by atoms with Crippen molar-refractivity contribution in [3.8, 4) is 5.75 Å². The van der Waals surface area contributed by atoms with Crippen LogP contribution in [-0.4, -0.2) is 44.3 Å². The predicted molar refractivity (Wildman–Crippen MR) is 117 cm³/mol. The molecule has 8 nitrogen and oxygen atoms in total. The molecule has 1 atom stereocenters. The van der Waals surface area contributed by atoms with E-state index in [1.807, 2.05) is 47.5 Å². The molecular weight excluding hydrogens is 392 g/mol. The fraction of sp³-hybridized carbons (Fsp3) is 0.217. The molecule has 156 valence electrons. The number of benzene rings is 1. The van der Waals surface area contributed by atoms with Crippen LogP contribution in [0.1, 0.15) is 34.9 Å². The van der Waals surface area contributed by atoms with Crippen molar-refractivity contribution in [1.29, 1.82) is 0 Å². The Balaban J connectivity index is 1.41.